The number of allylic oxidation sites excluding steroid dienone is 1. The van der Waals surface area contributed by atoms with Crippen molar-refractivity contribution in [2.24, 2.45) is 4.99 Å². The first-order chi connectivity index (χ1) is 16.8. The second-order valence-corrected chi connectivity index (χ2v) is 9.18. The minimum Gasteiger partial charge on any atom is -0.493 e. The number of aromatic nitrogens is 1. The third-order valence-electron chi connectivity index (χ3n) is 5.86. The monoisotopic (exact) mass is 493 g/mol. The highest BCUT2D eigenvalue weighted by Gasteiger charge is 2.33. The molecule has 0 fully saturated rings. The van der Waals surface area contributed by atoms with Crippen LogP contribution in [0.1, 0.15) is 24.1 Å². The number of ether oxygens (including phenoxy) is 3. The van der Waals surface area contributed by atoms with Gasteiger partial charge in [-0.05, 0) is 48.4 Å². The van der Waals surface area contributed by atoms with E-state index in [-0.39, 0.29) is 5.56 Å². The van der Waals surface area contributed by atoms with Crippen LogP contribution < -0.4 is 29.3 Å². The Balaban J connectivity index is 1.93. The second kappa shape index (κ2) is 9.79. The summed E-state index contributed by atoms with van der Waals surface area (Å²) >= 11 is 1.28. The number of methoxy groups -OCH3 is 3. The number of nitrogens with zero attached hydrogens (tertiary/aromatic N) is 3. The van der Waals surface area contributed by atoms with Crippen molar-refractivity contribution in [1.29, 1.82) is 0 Å². The summed E-state index contributed by atoms with van der Waals surface area (Å²) in [5.74, 6) is 0.497. The highest BCUT2D eigenvalue weighted by atomic mass is 32.1. The number of fused-ring (bicyclic) bond motifs is 1. The lowest BCUT2D eigenvalue weighted by Gasteiger charge is -2.25. The van der Waals surface area contributed by atoms with E-state index in [1.807, 2.05) is 55.4 Å². The zero-order chi connectivity index (χ0) is 25.3. The van der Waals surface area contributed by atoms with Crippen molar-refractivity contribution in [3.05, 3.63) is 84.5 Å². The van der Waals surface area contributed by atoms with E-state index in [0.29, 0.717) is 37.7 Å². The zero-order valence-electron chi connectivity index (χ0n) is 20.5. The van der Waals surface area contributed by atoms with Gasteiger partial charge in [0.1, 0.15) is 0 Å². The summed E-state index contributed by atoms with van der Waals surface area (Å²) in [6, 6.07) is 12.5. The van der Waals surface area contributed by atoms with Gasteiger partial charge in [0.2, 0.25) is 0 Å². The zero-order valence-corrected chi connectivity index (χ0v) is 21.3. The molecule has 0 radical (unpaired) electrons. The molecule has 3 aromatic rings. The van der Waals surface area contributed by atoms with Crippen LogP contribution in [-0.4, -0.2) is 46.0 Å². The average Bonchev–Trinajstić information content (AvgIpc) is 3.16. The summed E-state index contributed by atoms with van der Waals surface area (Å²) < 4.78 is 18.0. The van der Waals surface area contributed by atoms with Crippen LogP contribution in [0.4, 0.5) is 5.69 Å². The number of anilines is 1. The predicted molar refractivity (Wildman–Crippen MR) is 136 cm³/mol. The van der Waals surface area contributed by atoms with Gasteiger partial charge in [0.15, 0.2) is 16.3 Å². The molecule has 2 heterocycles. The summed E-state index contributed by atoms with van der Waals surface area (Å²) in [6.07, 6.45) is 1.84. The van der Waals surface area contributed by atoms with Crippen molar-refractivity contribution < 1.29 is 19.0 Å². The molecular formula is C26H27N3O5S. The molecule has 1 aromatic heterocycles. The van der Waals surface area contributed by atoms with E-state index >= 15 is 0 Å². The van der Waals surface area contributed by atoms with Gasteiger partial charge in [-0.1, -0.05) is 29.5 Å². The lowest BCUT2D eigenvalue weighted by Crippen LogP contribution is -2.39. The van der Waals surface area contributed by atoms with Crippen LogP contribution in [0.5, 0.6) is 11.5 Å². The van der Waals surface area contributed by atoms with Crippen molar-refractivity contribution in [1.82, 2.24) is 4.57 Å². The molecule has 0 amide bonds. The minimum atomic E-state index is -0.725. The van der Waals surface area contributed by atoms with Gasteiger partial charge in [0.05, 0.1) is 43.2 Å². The summed E-state index contributed by atoms with van der Waals surface area (Å²) in [5, 5.41) is 0. The molecule has 35 heavy (non-hydrogen) atoms. The van der Waals surface area contributed by atoms with Crippen LogP contribution in [0.15, 0.2) is 63.5 Å². The first-order valence-corrected chi connectivity index (χ1v) is 11.7. The van der Waals surface area contributed by atoms with Crippen LogP contribution in [0.3, 0.4) is 0 Å². The van der Waals surface area contributed by atoms with Gasteiger partial charge in [-0.25, -0.2) is 9.79 Å². The predicted octanol–water partition coefficient (Wildman–Crippen LogP) is 2.49. The molecule has 0 saturated heterocycles. The Morgan fingerprint density at radius 2 is 1.74 bits per heavy atom. The molecule has 4 rings (SSSR count). The standard InChI is InChI=1S/C26H27N3O5S/c1-15-22(25(31)34-6)23(17-9-12-19(32-4)20(14-17)33-5)29-24(30)21(35-26(29)27-15)13-16-7-10-18(11-8-16)28(2)3/h7-14,23H,1-6H3/b21-13-. The van der Waals surface area contributed by atoms with E-state index in [2.05, 4.69) is 4.99 Å². The van der Waals surface area contributed by atoms with Crippen LogP contribution in [0.2, 0.25) is 0 Å². The van der Waals surface area contributed by atoms with Gasteiger partial charge in [-0.15, -0.1) is 0 Å². The van der Waals surface area contributed by atoms with Crippen molar-refractivity contribution in [3.8, 4) is 11.5 Å². The maximum absolute atomic E-state index is 13.7. The Bertz CT molecular complexity index is 1480. The van der Waals surface area contributed by atoms with Gasteiger partial charge < -0.3 is 19.1 Å². The molecule has 0 spiro atoms. The first-order valence-electron chi connectivity index (χ1n) is 10.9. The van der Waals surface area contributed by atoms with Crippen LogP contribution in [0.25, 0.3) is 6.08 Å². The molecule has 182 valence electrons. The molecule has 0 N–H and O–H groups in total. The number of benzene rings is 2. The topological polar surface area (TPSA) is 82.4 Å². The Morgan fingerprint density at radius 1 is 1.06 bits per heavy atom. The Kier molecular flexibility index (Phi) is 6.79. The smallest absolute Gasteiger partial charge is 0.338 e. The van der Waals surface area contributed by atoms with Crippen molar-refractivity contribution in [2.45, 2.75) is 13.0 Å². The van der Waals surface area contributed by atoms with Crippen LogP contribution in [0, 0.1) is 0 Å². The van der Waals surface area contributed by atoms with E-state index in [4.69, 9.17) is 14.2 Å². The molecule has 1 unspecified atom stereocenters. The number of hydrogen-bond donors (Lipinski definition) is 0. The molecule has 1 aliphatic heterocycles. The molecular weight excluding hydrogens is 466 g/mol. The summed E-state index contributed by atoms with van der Waals surface area (Å²) in [7, 11) is 8.36. The lowest BCUT2D eigenvalue weighted by atomic mass is 9.95. The third kappa shape index (κ3) is 4.46. The summed E-state index contributed by atoms with van der Waals surface area (Å²) in [4.78, 5) is 33.6. The molecule has 0 bridgehead atoms. The summed E-state index contributed by atoms with van der Waals surface area (Å²) in [5.41, 5.74) is 3.20. The van der Waals surface area contributed by atoms with Gasteiger partial charge in [-0.3, -0.25) is 9.36 Å². The fourth-order valence-electron chi connectivity index (χ4n) is 4.05. The van der Waals surface area contributed by atoms with Crippen LogP contribution in [-0.2, 0) is 9.53 Å². The second-order valence-electron chi connectivity index (χ2n) is 8.17. The summed E-state index contributed by atoms with van der Waals surface area (Å²) in [6.45, 7) is 1.75. The Hall–Kier alpha value is -3.85. The lowest BCUT2D eigenvalue weighted by molar-refractivity contribution is -0.136. The molecule has 1 atom stereocenters. The quantitative estimate of drug-likeness (QED) is 0.491. The minimum absolute atomic E-state index is 0.237. The maximum Gasteiger partial charge on any atom is 0.338 e. The number of esters is 1. The Morgan fingerprint density at radius 3 is 2.34 bits per heavy atom. The number of rotatable bonds is 6. The molecule has 0 saturated carbocycles. The van der Waals surface area contributed by atoms with Crippen molar-refractivity contribution in [2.75, 3.05) is 40.3 Å². The fraction of sp³-hybridized carbons (Fsp3) is 0.269. The largest absolute Gasteiger partial charge is 0.493 e. The molecule has 2 aromatic carbocycles. The van der Waals surface area contributed by atoms with Gasteiger partial charge in [0, 0.05) is 19.8 Å². The highest BCUT2D eigenvalue weighted by molar-refractivity contribution is 7.07. The fourth-order valence-corrected chi connectivity index (χ4v) is 5.10. The first kappa shape index (κ1) is 24.3. The average molecular weight is 494 g/mol. The SMILES string of the molecule is COC(=O)C1=C(C)N=c2s/c(=C\c3ccc(N(C)C)cc3)c(=O)n2C1c1ccc(OC)c(OC)c1. The van der Waals surface area contributed by atoms with Crippen molar-refractivity contribution in [3.63, 3.8) is 0 Å². The third-order valence-corrected chi connectivity index (χ3v) is 6.84. The van der Waals surface area contributed by atoms with E-state index in [9.17, 15) is 9.59 Å². The number of thiazole rings is 1. The molecule has 8 nitrogen and oxygen atoms in total. The molecule has 1 aliphatic rings. The van der Waals surface area contributed by atoms with E-state index in [1.54, 1.807) is 30.7 Å². The molecule has 9 heteroatoms. The van der Waals surface area contributed by atoms with Gasteiger partial charge in [-0.2, -0.15) is 0 Å². The van der Waals surface area contributed by atoms with Gasteiger partial charge in [0.25, 0.3) is 5.56 Å². The highest BCUT2D eigenvalue weighted by Crippen LogP contribution is 2.35. The number of hydrogen-bond acceptors (Lipinski definition) is 8. The van der Waals surface area contributed by atoms with Crippen molar-refractivity contribution >= 4 is 29.1 Å². The van der Waals surface area contributed by atoms with Crippen LogP contribution >= 0.6 is 11.3 Å². The maximum atomic E-state index is 13.7. The number of carbonyl (C=O) groups excluding carboxylic acids is 1. The normalized spacial score (nSPS) is 15.4. The number of carbonyl (C=O) groups is 1. The van der Waals surface area contributed by atoms with E-state index < -0.39 is 12.0 Å². The van der Waals surface area contributed by atoms with Gasteiger partial charge >= 0.3 is 5.97 Å². The van der Waals surface area contributed by atoms with E-state index in [1.165, 1.54) is 25.6 Å². The Labute approximate surface area is 207 Å². The molecule has 0 aliphatic carbocycles. The van der Waals surface area contributed by atoms with E-state index in [0.717, 1.165) is 11.3 Å².